The summed E-state index contributed by atoms with van der Waals surface area (Å²) in [6.07, 6.45) is 8.45. The first-order chi connectivity index (χ1) is 6.51. The van der Waals surface area contributed by atoms with Gasteiger partial charge in [-0.15, -0.1) is 0 Å². The van der Waals surface area contributed by atoms with Gasteiger partial charge in [0, 0.05) is 11.7 Å². The van der Waals surface area contributed by atoms with Crippen LogP contribution >= 0.6 is 0 Å². The first-order valence-corrected chi connectivity index (χ1v) is 6.20. The van der Waals surface area contributed by atoms with Crippen LogP contribution in [0.4, 0.5) is 0 Å². The SMILES string of the molecule is CS(=O)(=O)/C=C/C1=CC=C(C=O)CC1. The maximum Gasteiger partial charge on any atom is 0.168 e. The van der Waals surface area contributed by atoms with Gasteiger partial charge in [-0.2, -0.15) is 0 Å². The number of allylic oxidation sites excluding steroid dienone is 5. The summed E-state index contributed by atoms with van der Waals surface area (Å²) < 4.78 is 21.6. The van der Waals surface area contributed by atoms with Crippen molar-refractivity contribution in [3.8, 4) is 0 Å². The number of hydrogen-bond acceptors (Lipinski definition) is 3. The summed E-state index contributed by atoms with van der Waals surface area (Å²) in [4.78, 5) is 10.4. The lowest BCUT2D eigenvalue weighted by atomic mass is 9.99. The summed E-state index contributed by atoms with van der Waals surface area (Å²) >= 11 is 0. The average Bonchev–Trinajstić information content (AvgIpc) is 2.14. The lowest BCUT2D eigenvalue weighted by Gasteiger charge is -2.06. The molecule has 4 heteroatoms. The molecule has 0 bridgehead atoms. The molecule has 0 spiro atoms. The van der Waals surface area contributed by atoms with Crippen LogP contribution < -0.4 is 0 Å². The molecule has 0 aromatic carbocycles. The third-order valence-corrected chi connectivity index (χ3v) is 2.52. The highest BCUT2D eigenvalue weighted by molar-refractivity contribution is 7.93. The summed E-state index contributed by atoms with van der Waals surface area (Å²) in [6.45, 7) is 0. The predicted octanol–water partition coefficient (Wildman–Crippen LogP) is 1.39. The van der Waals surface area contributed by atoms with Gasteiger partial charge in [0.15, 0.2) is 9.84 Å². The molecule has 0 atom stereocenters. The van der Waals surface area contributed by atoms with E-state index in [1.54, 1.807) is 18.2 Å². The van der Waals surface area contributed by atoms with Crippen molar-refractivity contribution in [2.75, 3.05) is 6.26 Å². The summed E-state index contributed by atoms with van der Waals surface area (Å²) in [5, 5.41) is 1.18. The van der Waals surface area contributed by atoms with Gasteiger partial charge in [-0.25, -0.2) is 8.42 Å². The summed E-state index contributed by atoms with van der Waals surface area (Å²) in [5.41, 5.74) is 1.68. The summed E-state index contributed by atoms with van der Waals surface area (Å²) in [6, 6.07) is 0. The fourth-order valence-electron chi connectivity index (χ4n) is 1.12. The molecular weight excluding hydrogens is 200 g/mol. The lowest BCUT2D eigenvalue weighted by Crippen LogP contribution is -1.94. The van der Waals surface area contributed by atoms with E-state index in [1.165, 1.54) is 5.41 Å². The number of carbonyl (C=O) groups is 1. The van der Waals surface area contributed by atoms with Crippen LogP contribution in [0.2, 0.25) is 0 Å². The molecule has 1 rings (SSSR count). The Morgan fingerprint density at radius 2 is 1.79 bits per heavy atom. The highest BCUT2D eigenvalue weighted by Crippen LogP contribution is 2.17. The zero-order chi connectivity index (χ0) is 10.6. The Morgan fingerprint density at radius 3 is 2.21 bits per heavy atom. The normalized spacial score (nSPS) is 17.8. The van der Waals surface area contributed by atoms with Crippen LogP contribution in [0.1, 0.15) is 12.8 Å². The number of hydrogen-bond donors (Lipinski definition) is 0. The van der Waals surface area contributed by atoms with E-state index >= 15 is 0 Å². The number of rotatable bonds is 3. The highest BCUT2D eigenvalue weighted by Gasteiger charge is 2.03. The Bertz CT molecular complexity index is 411. The lowest BCUT2D eigenvalue weighted by molar-refractivity contribution is -0.105. The van der Waals surface area contributed by atoms with Crippen molar-refractivity contribution in [3.63, 3.8) is 0 Å². The smallest absolute Gasteiger partial charge is 0.168 e. The molecule has 1 aliphatic carbocycles. The highest BCUT2D eigenvalue weighted by atomic mass is 32.2. The van der Waals surface area contributed by atoms with Gasteiger partial charge in [-0.05, 0) is 30.1 Å². The van der Waals surface area contributed by atoms with Crippen molar-refractivity contribution < 1.29 is 13.2 Å². The minimum atomic E-state index is -3.05. The van der Waals surface area contributed by atoms with Crippen LogP contribution in [-0.2, 0) is 14.6 Å². The quantitative estimate of drug-likeness (QED) is 0.664. The van der Waals surface area contributed by atoms with Crippen LogP contribution in [0.15, 0.2) is 34.8 Å². The van der Waals surface area contributed by atoms with Crippen molar-refractivity contribution in [1.29, 1.82) is 0 Å². The van der Waals surface area contributed by atoms with Crippen molar-refractivity contribution in [2.24, 2.45) is 0 Å². The maximum absolute atomic E-state index is 10.8. The van der Waals surface area contributed by atoms with E-state index in [0.717, 1.165) is 30.1 Å². The van der Waals surface area contributed by atoms with Gasteiger partial charge in [0.2, 0.25) is 0 Å². The molecule has 3 nitrogen and oxygen atoms in total. The molecule has 0 saturated carbocycles. The Balaban J connectivity index is 2.75. The van der Waals surface area contributed by atoms with Gasteiger partial charge in [-0.3, -0.25) is 4.79 Å². The molecule has 0 aromatic rings. The monoisotopic (exact) mass is 212 g/mol. The molecule has 76 valence electrons. The van der Waals surface area contributed by atoms with Gasteiger partial charge in [0.25, 0.3) is 0 Å². The molecule has 14 heavy (non-hydrogen) atoms. The topological polar surface area (TPSA) is 51.2 Å². The third kappa shape index (κ3) is 3.70. The Morgan fingerprint density at radius 1 is 1.21 bits per heavy atom. The molecule has 0 saturated heterocycles. The van der Waals surface area contributed by atoms with Gasteiger partial charge in [-0.1, -0.05) is 12.2 Å². The first-order valence-electron chi connectivity index (χ1n) is 4.24. The first kappa shape index (κ1) is 10.9. The van der Waals surface area contributed by atoms with Crippen molar-refractivity contribution in [2.45, 2.75) is 12.8 Å². The Labute approximate surface area is 83.7 Å². The van der Waals surface area contributed by atoms with Crippen LogP contribution in [0.25, 0.3) is 0 Å². The molecule has 1 aliphatic rings. The Kier molecular flexibility index (Phi) is 3.41. The van der Waals surface area contributed by atoms with Crippen LogP contribution in [0.3, 0.4) is 0 Å². The number of aldehydes is 1. The maximum atomic E-state index is 10.8. The van der Waals surface area contributed by atoms with E-state index in [9.17, 15) is 13.2 Å². The third-order valence-electron chi connectivity index (χ3n) is 1.89. The van der Waals surface area contributed by atoms with E-state index < -0.39 is 9.84 Å². The predicted molar refractivity (Wildman–Crippen MR) is 55.4 cm³/mol. The number of carbonyl (C=O) groups excluding carboxylic acids is 1. The van der Waals surface area contributed by atoms with Crippen LogP contribution in [-0.4, -0.2) is 21.0 Å². The van der Waals surface area contributed by atoms with Crippen LogP contribution in [0, 0.1) is 0 Å². The van der Waals surface area contributed by atoms with E-state index in [4.69, 9.17) is 0 Å². The van der Waals surface area contributed by atoms with Crippen molar-refractivity contribution in [3.05, 3.63) is 34.8 Å². The standard InChI is InChI=1S/C10H12O3S/c1-14(12,13)7-6-9-2-4-10(8-11)5-3-9/h2,4,6-8H,3,5H2,1H3/b7-6+. The van der Waals surface area contributed by atoms with Crippen molar-refractivity contribution in [1.82, 2.24) is 0 Å². The van der Waals surface area contributed by atoms with Gasteiger partial charge >= 0.3 is 0 Å². The zero-order valence-electron chi connectivity index (χ0n) is 7.93. The summed E-state index contributed by atoms with van der Waals surface area (Å²) in [5.74, 6) is 0. The molecule has 0 unspecified atom stereocenters. The molecule has 0 fully saturated rings. The second kappa shape index (κ2) is 4.37. The Hall–Kier alpha value is -1.16. The summed E-state index contributed by atoms with van der Waals surface area (Å²) in [7, 11) is -3.05. The molecule has 0 aliphatic heterocycles. The minimum Gasteiger partial charge on any atom is -0.298 e. The number of sulfone groups is 1. The molecule has 0 aromatic heterocycles. The molecule has 0 amide bonds. The van der Waals surface area contributed by atoms with Crippen molar-refractivity contribution >= 4 is 16.1 Å². The fraction of sp³-hybridized carbons (Fsp3) is 0.300. The van der Waals surface area contributed by atoms with Gasteiger partial charge in [0.05, 0.1) is 0 Å². The second-order valence-electron chi connectivity index (χ2n) is 3.23. The fourth-order valence-corrected chi connectivity index (χ4v) is 1.54. The van der Waals surface area contributed by atoms with Gasteiger partial charge < -0.3 is 0 Å². The van der Waals surface area contributed by atoms with E-state index in [2.05, 4.69) is 0 Å². The molecular formula is C10H12O3S. The van der Waals surface area contributed by atoms with Crippen LogP contribution in [0.5, 0.6) is 0 Å². The molecule has 0 heterocycles. The van der Waals surface area contributed by atoms with Gasteiger partial charge in [0.1, 0.15) is 6.29 Å². The molecule has 0 N–H and O–H groups in total. The molecule has 0 radical (unpaired) electrons. The van der Waals surface area contributed by atoms with E-state index in [1.807, 2.05) is 0 Å². The zero-order valence-corrected chi connectivity index (χ0v) is 8.75. The minimum absolute atomic E-state index is 0.684. The second-order valence-corrected chi connectivity index (χ2v) is 5.16. The van der Waals surface area contributed by atoms with E-state index in [-0.39, 0.29) is 0 Å². The average molecular weight is 212 g/mol. The van der Waals surface area contributed by atoms with E-state index in [0.29, 0.717) is 6.42 Å². The largest absolute Gasteiger partial charge is 0.298 e.